The van der Waals surface area contributed by atoms with Crippen LogP contribution in [0.2, 0.25) is 0 Å². The Morgan fingerprint density at radius 1 is 1.33 bits per heavy atom. The van der Waals surface area contributed by atoms with Crippen LogP contribution in [0.4, 0.5) is 8.78 Å². The highest BCUT2D eigenvalue weighted by Gasteiger charge is 2.32. The van der Waals surface area contributed by atoms with Gasteiger partial charge in [0.2, 0.25) is 0 Å². The number of likely N-dealkylation sites (N-methyl/N-ethyl adjacent to an activating group) is 1. The van der Waals surface area contributed by atoms with Crippen molar-refractivity contribution in [2.24, 2.45) is 0 Å². The van der Waals surface area contributed by atoms with E-state index in [1.807, 2.05) is 0 Å². The van der Waals surface area contributed by atoms with Gasteiger partial charge in [0.15, 0.2) is 0 Å². The summed E-state index contributed by atoms with van der Waals surface area (Å²) >= 11 is 0. The molecule has 100 valence electrons. The van der Waals surface area contributed by atoms with E-state index in [2.05, 4.69) is 4.74 Å². The maximum atomic E-state index is 13.9. The van der Waals surface area contributed by atoms with Crippen LogP contribution in [0.15, 0.2) is 30.3 Å². The molecule has 0 unspecified atom stereocenters. The number of hydrogen-bond donors (Lipinski definition) is 0. The Balaban J connectivity index is 2.52. The van der Waals surface area contributed by atoms with Gasteiger partial charge in [0, 0.05) is 12.1 Å². The predicted octanol–water partition coefficient (Wildman–Crippen LogP) is 2.27. The number of carbonyl (C=O) groups is 1. The van der Waals surface area contributed by atoms with Gasteiger partial charge in [0.1, 0.15) is 0 Å². The van der Waals surface area contributed by atoms with Crippen LogP contribution in [-0.2, 0) is 15.5 Å². The Bertz CT molecular complexity index is 382. The summed E-state index contributed by atoms with van der Waals surface area (Å²) in [7, 11) is 2.83. The van der Waals surface area contributed by atoms with Gasteiger partial charge in [-0.05, 0) is 7.05 Å². The van der Waals surface area contributed by atoms with Gasteiger partial charge in [0.05, 0.1) is 20.1 Å². The summed E-state index contributed by atoms with van der Waals surface area (Å²) in [5.74, 6) is -3.32. The first kappa shape index (κ1) is 14.6. The van der Waals surface area contributed by atoms with E-state index in [9.17, 15) is 13.6 Å². The number of alkyl halides is 2. The molecule has 0 aliphatic rings. The summed E-state index contributed by atoms with van der Waals surface area (Å²) in [5.41, 5.74) is -0.0186. The molecule has 0 saturated carbocycles. The van der Waals surface area contributed by atoms with Crippen LogP contribution >= 0.6 is 0 Å². The molecular weight excluding hydrogens is 240 g/mol. The van der Waals surface area contributed by atoms with Gasteiger partial charge >= 0.3 is 5.97 Å². The summed E-state index contributed by atoms with van der Waals surface area (Å²) < 4.78 is 32.2. The number of ether oxygens (including phenoxy) is 1. The van der Waals surface area contributed by atoms with Gasteiger partial charge in [-0.2, -0.15) is 8.78 Å². The van der Waals surface area contributed by atoms with Crippen molar-refractivity contribution in [3.8, 4) is 0 Å². The molecule has 1 aromatic carbocycles. The zero-order valence-electron chi connectivity index (χ0n) is 10.5. The number of carbonyl (C=O) groups excluding carboxylic acids is 1. The van der Waals surface area contributed by atoms with Crippen molar-refractivity contribution in [2.75, 3.05) is 27.2 Å². The van der Waals surface area contributed by atoms with Gasteiger partial charge in [-0.1, -0.05) is 30.3 Å². The first-order valence-corrected chi connectivity index (χ1v) is 5.64. The van der Waals surface area contributed by atoms with Crippen molar-refractivity contribution in [2.45, 2.75) is 12.3 Å². The SMILES string of the molecule is COC(=O)CCN(C)CC(F)(F)c1ccccc1. The molecule has 3 nitrogen and oxygen atoms in total. The fourth-order valence-electron chi connectivity index (χ4n) is 1.58. The minimum Gasteiger partial charge on any atom is -0.469 e. The molecule has 0 N–H and O–H groups in total. The zero-order valence-corrected chi connectivity index (χ0v) is 10.5. The summed E-state index contributed by atoms with van der Waals surface area (Å²) in [6, 6.07) is 7.65. The van der Waals surface area contributed by atoms with Crippen LogP contribution in [0.1, 0.15) is 12.0 Å². The van der Waals surface area contributed by atoms with E-state index in [4.69, 9.17) is 0 Å². The Morgan fingerprint density at radius 2 is 1.94 bits per heavy atom. The second-order valence-corrected chi connectivity index (χ2v) is 4.13. The quantitative estimate of drug-likeness (QED) is 0.732. The topological polar surface area (TPSA) is 29.5 Å². The van der Waals surface area contributed by atoms with Crippen LogP contribution in [0, 0.1) is 0 Å². The Labute approximate surface area is 105 Å². The molecule has 0 bridgehead atoms. The molecule has 0 atom stereocenters. The lowest BCUT2D eigenvalue weighted by atomic mass is 10.1. The van der Waals surface area contributed by atoms with E-state index in [1.54, 1.807) is 25.2 Å². The number of esters is 1. The maximum Gasteiger partial charge on any atom is 0.306 e. The van der Waals surface area contributed by atoms with Gasteiger partial charge in [-0.3, -0.25) is 9.69 Å². The van der Waals surface area contributed by atoms with E-state index in [-0.39, 0.29) is 18.5 Å². The first-order valence-electron chi connectivity index (χ1n) is 5.64. The smallest absolute Gasteiger partial charge is 0.306 e. The number of halogens is 2. The zero-order chi connectivity index (χ0) is 13.6. The number of hydrogen-bond acceptors (Lipinski definition) is 3. The van der Waals surface area contributed by atoms with Crippen molar-refractivity contribution in [3.05, 3.63) is 35.9 Å². The lowest BCUT2D eigenvalue weighted by Crippen LogP contribution is -2.34. The summed E-state index contributed by atoms with van der Waals surface area (Å²) in [6.07, 6.45) is 0.109. The summed E-state index contributed by atoms with van der Waals surface area (Å²) in [6.45, 7) is -0.177. The maximum absolute atomic E-state index is 13.9. The van der Waals surface area contributed by atoms with E-state index in [0.717, 1.165) is 0 Å². The van der Waals surface area contributed by atoms with Crippen molar-refractivity contribution < 1.29 is 18.3 Å². The van der Waals surface area contributed by atoms with Crippen molar-refractivity contribution in [1.29, 1.82) is 0 Å². The number of benzene rings is 1. The third kappa shape index (κ3) is 4.41. The van der Waals surface area contributed by atoms with Gasteiger partial charge in [-0.15, -0.1) is 0 Å². The summed E-state index contributed by atoms with van der Waals surface area (Å²) in [5, 5.41) is 0. The lowest BCUT2D eigenvalue weighted by Gasteiger charge is -2.23. The molecule has 5 heteroatoms. The highest BCUT2D eigenvalue weighted by Crippen LogP contribution is 2.28. The Hall–Kier alpha value is -1.49. The third-order valence-corrected chi connectivity index (χ3v) is 2.59. The highest BCUT2D eigenvalue weighted by atomic mass is 19.3. The summed E-state index contributed by atoms with van der Waals surface area (Å²) in [4.78, 5) is 12.3. The van der Waals surface area contributed by atoms with E-state index < -0.39 is 18.4 Å². The molecule has 1 rings (SSSR count). The molecule has 1 aromatic rings. The van der Waals surface area contributed by atoms with Gasteiger partial charge in [-0.25, -0.2) is 0 Å². The minimum atomic E-state index is -2.92. The average Bonchev–Trinajstić information content (AvgIpc) is 2.36. The van der Waals surface area contributed by atoms with Crippen LogP contribution in [0.5, 0.6) is 0 Å². The molecule has 0 fully saturated rings. The number of rotatable bonds is 6. The molecule has 0 spiro atoms. The van der Waals surface area contributed by atoms with Crippen LogP contribution in [0.3, 0.4) is 0 Å². The monoisotopic (exact) mass is 257 g/mol. The second-order valence-electron chi connectivity index (χ2n) is 4.13. The Kier molecular flexibility index (Phi) is 5.22. The molecule has 0 saturated heterocycles. The first-order chi connectivity index (χ1) is 8.45. The predicted molar refractivity (Wildman–Crippen MR) is 64.5 cm³/mol. The molecule has 0 aliphatic heterocycles. The van der Waals surface area contributed by atoms with Crippen molar-refractivity contribution in [3.63, 3.8) is 0 Å². The molecular formula is C13H17F2NO2. The fourth-order valence-corrected chi connectivity index (χ4v) is 1.58. The normalized spacial score (nSPS) is 11.6. The second kappa shape index (κ2) is 6.44. The highest BCUT2D eigenvalue weighted by molar-refractivity contribution is 5.69. The largest absolute Gasteiger partial charge is 0.469 e. The molecule has 0 amide bonds. The van der Waals surface area contributed by atoms with Gasteiger partial charge in [0.25, 0.3) is 5.92 Å². The van der Waals surface area contributed by atoms with Crippen molar-refractivity contribution in [1.82, 2.24) is 4.90 Å². The van der Waals surface area contributed by atoms with Crippen LogP contribution in [-0.4, -0.2) is 38.1 Å². The Morgan fingerprint density at radius 3 is 2.50 bits per heavy atom. The molecule has 0 heterocycles. The number of nitrogens with zero attached hydrogens (tertiary/aromatic N) is 1. The molecule has 0 radical (unpaired) electrons. The van der Waals surface area contributed by atoms with E-state index in [0.29, 0.717) is 0 Å². The van der Waals surface area contributed by atoms with Gasteiger partial charge < -0.3 is 4.74 Å². The van der Waals surface area contributed by atoms with E-state index in [1.165, 1.54) is 24.1 Å². The number of methoxy groups -OCH3 is 1. The van der Waals surface area contributed by atoms with Crippen LogP contribution < -0.4 is 0 Å². The standard InChI is InChI=1S/C13H17F2NO2/c1-16(9-8-12(17)18-2)10-13(14,15)11-6-4-3-5-7-11/h3-7H,8-10H2,1-2H3. The van der Waals surface area contributed by atoms with Crippen molar-refractivity contribution >= 4 is 5.97 Å². The lowest BCUT2D eigenvalue weighted by molar-refractivity contribution is -0.141. The molecule has 0 aliphatic carbocycles. The third-order valence-electron chi connectivity index (χ3n) is 2.59. The van der Waals surface area contributed by atoms with E-state index >= 15 is 0 Å². The molecule has 18 heavy (non-hydrogen) atoms. The average molecular weight is 257 g/mol. The fraction of sp³-hybridized carbons (Fsp3) is 0.462. The molecule has 0 aromatic heterocycles. The minimum absolute atomic E-state index is 0.0186. The van der Waals surface area contributed by atoms with Crippen LogP contribution in [0.25, 0.3) is 0 Å².